The van der Waals surface area contributed by atoms with Crippen LogP contribution in [0.1, 0.15) is 11.1 Å². The molecular weight excluding hydrogens is 621 g/mol. The molecule has 0 amide bonds. The molecule has 2 aromatic heterocycles. The van der Waals surface area contributed by atoms with Crippen molar-refractivity contribution in [1.82, 2.24) is 9.13 Å². The Kier molecular flexibility index (Phi) is 5.84. The number of aromatic nitrogens is 4. The maximum Gasteiger partial charge on any atom is 0.307 e. The van der Waals surface area contributed by atoms with E-state index in [0.717, 1.165) is 33.4 Å². The van der Waals surface area contributed by atoms with Crippen LogP contribution in [-0.2, 0) is 5.66 Å². The fourth-order valence-corrected chi connectivity index (χ4v) is 8.77. The second kappa shape index (κ2) is 10.6. The van der Waals surface area contributed by atoms with E-state index in [2.05, 4.69) is 213 Å². The van der Waals surface area contributed by atoms with Crippen LogP contribution in [0.3, 0.4) is 0 Å². The largest absolute Gasteiger partial charge is 0.307 e. The molecule has 4 nitrogen and oxygen atoms in total. The molecule has 0 fully saturated rings. The molecule has 0 unspecified atom stereocenters. The molecule has 4 heteroatoms. The van der Waals surface area contributed by atoms with Crippen molar-refractivity contribution < 1.29 is 9.13 Å². The first-order valence-corrected chi connectivity index (χ1v) is 17.5. The maximum atomic E-state index is 2.53. The second-order valence-electron chi connectivity index (χ2n) is 13.5. The van der Waals surface area contributed by atoms with Crippen LogP contribution in [0, 0.1) is 0 Å². The Morgan fingerprint density at radius 1 is 0.353 bits per heavy atom. The Balaban J connectivity index is 1.40. The molecule has 2 heterocycles. The van der Waals surface area contributed by atoms with Gasteiger partial charge in [0.25, 0.3) is 12.7 Å². The SMILES string of the molecule is c1ccc(-n2c[n+](C3([n+]4cn(-c5ccccc5)c5ccccc54)c4ccc5ccccc5c4-c4c3ccc3ccccc43)c3ccccc32)cc1. The van der Waals surface area contributed by atoms with Crippen LogP contribution >= 0.6 is 0 Å². The minimum Gasteiger partial charge on any atom is -0.195 e. The summed E-state index contributed by atoms with van der Waals surface area (Å²) in [6, 6.07) is 66.1. The van der Waals surface area contributed by atoms with E-state index < -0.39 is 5.66 Å². The molecule has 51 heavy (non-hydrogen) atoms. The summed E-state index contributed by atoms with van der Waals surface area (Å²) in [6.45, 7) is 0. The van der Waals surface area contributed by atoms with E-state index in [1.165, 1.54) is 43.8 Å². The maximum absolute atomic E-state index is 2.53. The highest BCUT2D eigenvalue weighted by Crippen LogP contribution is 2.52. The molecule has 8 aromatic carbocycles. The van der Waals surface area contributed by atoms with Crippen LogP contribution in [0.5, 0.6) is 0 Å². The zero-order chi connectivity index (χ0) is 33.5. The lowest BCUT2D eigenvalue weighted by Gasteiger charge is -2.26. The highest BCUT2D eigenvalue weighted by molar-refractivity contribution is 6.10. The van der Waals surface area contributed by atoms with Crippen molar-refractivity contribution in [2.24, 2.45) is 0 Å². The summed E-state index contributed by atoms with van der Waals surface area (Å²) in [5.41, 5.74) is 11.1. The summed E-state index contributed by atoms with van der Waals surface area (Å²) in [7, 11) is 0. The van der Waals surface area contributed by atoms with Crippen LogP contribution in [0.25, 0.3) is 66.1 Å². The first kappa shape index (κ1) is 28.1. The Hall–Kier alpha value is -6.78. The molecule has 238 valence electrons. The summed E-state index contributed by atoms with van der Waals surface area (Å²) in [4.78, 5) is 0. The average molecular weight is 653 g/mol. The number of hydrogen-bond donors (Lipinski definition) is 0. The number of imidazole rings is 2. The highest BCUT2D eigenvalue weighted by atomic mass is 15.3. The van der Waals surface area contributed by atoms with Gasteiger partial charge in [0.2, 0.25) is 0 Å². The van der Waals surface area contributed by atoms with Crippen molar-refractivity contribution in [3.63, 3.8) is 0 Å². The minimum atomic E-state index is -0.808. The third-order valence-electron chi connectivity index (χ3n) is 10.9. The zero-order valence-electron chi connectivity index (χ0n) is 27.8. The van der Waals surface area contributed by atoms with E-state index in [0.29, 0.717) is 0 Å². The number of fused-ring (bicyclic) bond motifs is 9. The molecule has 0 radical (unpaired) electrons. The first-order chi connectivity index (χ1) is 25.3. The predicted molar refractivity (Wildman–Crippen MR) is 205 cm³/mol. The van der Waals surface area contributed by atoms with Gasteiger partial charge in [-0.2, -0.15) is 18.3 Å². The minimum absolute atomic E-state index is 0.808. The third-order valence-corrected chi connectivity index (χ3v) is 10.9. The van der Waals surface area contributed by atoms with Crippen LogP contribution in [0.2, 0.25) is 0 Å². The van der Waals surface area contributed by atoms with E-state index in [1.54, 1.807) is 0 Å². The van der Waals surface area contributed by atoms with Crippen LogP contribution in [0.15, 0.2) is 195 Å². The predicted octanol–water partition coefficient (Wildman–Crippen LogP) is 9.73. The Bertz CT molecular complexity index is 2770. The van der Waals surface area contributed by atoms with Crippen molar-refractivity contribution >= 4 is 43.6 Å². The smallest absolute Gasteiger partial charge is 0.195 e. The normalized spacial score (nSPS) is 13.3. The van der Waals surface area contributed by atoms with Crippen molar-refractivity contribution in [2.75, 3.05) is 0 Å². The summed E-state index contributed by atoms with van der Waals surface area (Å²) >= 11 is 0. The molecule has 0 spiro atoms. The van der Waals surface area contributed by atoms with Gasteiger partial charge in [0.05, 0.1) is 11.1 Å². The molecule has 1 aliphatic carbocycles. The Morgan fingerprint density at radius 2 is 0.745 bits per heavy atom. The van der Waals surface area contributed by atoms with Gasteiger partial charge in [0.15, 0.2) is 22.1 Å². The second-order valence-corrected chi connectivity index (χ2v) is 13.5. The number of rotatable bonds is 4. The molecule has 10 aromatic rings. The third kappa shape index (κ3) is 3.79. The number of para-hydroxylation sites is 6. The Morgan fingerprint density at radius 3 is 1.22 bits per heavy atom. The number of nitrogens with zero attached hydrogens (tertiary/aromatic N) is 4. The Labute approximate surface area is 295 Å². The van der Waals surface area contributed by atoms with E-state index in [-0.39, 0.29) is 0 Å². The van der Waals surface area contributed by atoms with Gasteiger partial charge in [0.1, 0.15) is 11.4 Å². The average Bonchev–Trinajstić information content (AvgIpc) is 3.88. The molecule has 0 bridgehead atoms. The van der Waals surface area contributed by atoms with Gasteiger partial charge in [-0.25, -0.2) is 0 Å². The molecule has 11 rings (SSSR count). The summed E-state index contributed by atoms with van der Waals surface area (Å²) in [6.07, 6.45) is 4.65. The molecule has 0 N–H and O–H groups in total. The summed E-state index contributed by atoms with van der Waals surface area (Å²) in [5.74, 6) is 0. The molecule has 0 saturated heterocycles. The van der Waals surface area contributed by atoms with E-state index >= 15 is 0 Å². The molecule has 0 aliphatic heterocycles. The van der Waals surface area contributed by atoms with Crippen molar-refractivity contribution in [3.8, 4) is 22.5 Å². The first-order valence-electron chi connectivity index (χ1n) is 17.5. The van der Waals surface area contributed by atoms with E-state index in [9.17, 15) is 0 Å². The standard InChI is InChI=1S/C47H32N4/c1-3-17-35(18-4-1)48-31-50(43-25-13-11-23-41(43)48)47(51-32-49(36-19-5-2-6-20-36)42-24-12-14-26-44(42)51)39-29-27-33-15-7-9-21-37(33)45(39)46-38-22-10-8-16-34(38)28-30-40(46)47/h1-32H/q+2. The van der Waals surface area contributed by atoms with E-state index in [1.807, 2.05) is 0 Å². The summed E-state index contributed by atoms with van der Waals surface area (Å²) in [5, 5.41) is 4.99. The van der Waals surface area contributed by atoms with Gasteiger partial charge in [-0.15, -0.1) is 0 Å². The number of benzene rings is 8. The van der Waals surface area contributed by atoms with Gasteiger partial charge < -0.3 is 0 Å². The summed E-state index contributed by atoms with van der Waals surface area (Å²) < 4.78 is 9.75. The fraction of sp³-hybridized carbons (Fsp3) is 0.0213. The topological polar surface area (TPSA) is 17.6 Å². The van der Waals surface area contributed by atoms with Crippen LogP contribution in [-0.4, -0.2) is 9.13 Å². The molecule has 0 atom stereocenters. The lowest BCUT2D eigenvalue weighted by Crippen LogP contribution is -2.73. The lowest BCUT2D eigenvalue weighted by atomic mass is 9.93. The fourth-order valence-electron chi connectivity index (χ4n) is 8.77. The van der Waals surface area contributed by atoms with Crippen LogP contribution < -0.4 is 9.13 Å². The van der Waals surface area contributed by atoms with Gasteiger partial charge in [-0.05, 0) is 82.2 Å². The lowest BCUT2D eigenvalue weighted by molar-refractivity contribution is -0.950. The van der Waals surface area contributed by atoms with E-state index in [4.69, 9.17) is 0 Å². The molecule has 1 aliphatic rings. The monoisotopic (exact) mass is 652 g/mol. The zero-order valence-corrected chi connectivity index (χ0v) is 27.8. The quantitative estimate of drug-likeness (QED) is 0.169. The molecule has 0 saturated carbocycles. The van der Waals surface area contributed by atoms with Gasteiger partial charge in [-0.3, -0.25) is 0 Å². The van der Waals surface area contributed by atoms with Gasteiger partial charge in [0, 0.05) is 11.1 Å². The number of hydrogen-bond acceptors (Lipinski definition) is 0. The van der Waals surface area contributed by atoms with Crippen molar-refractivity contribution in [3.05, 3.63) is 206 Å². The van der Waals surface area contributed by atoms with Gasteiger partial charge >= 0.3 is 5.66 Å². The van der Waals surface area contributed by atoms with Gasteiger partial charge in [-0.1, -0.05) is 121 Å². The van der Waals surface area contributed by atoms with Crippen molar-refractivity contribution in [2.45, 2.75) is 5.66 Å². The highest BCUT2D eigenvalue weighted by Gasteiger charge is 2.57. The van der Waals surface area contributed by atoms with Crippen molar-refractivity contribution in [1.29, 1.82) is 0 Å². The molecular formula is C47H32N4+2. The van der Waals surface area contributed by atoms with Crippen LogP contribution in [0.4, 0.5) is 0 Å².